The maximum atomic E-state index is 11.0. The molecular weight excluding hydrogens is 228 g/mol. The van der Waals surface area contributed by atoms with E-state index in [-0.39, 0.29) is 0 Å². The molecule has 1 heterocycles. The van der Waals surface area contributed by atoms with Gasteiger partial charge in [-0.2, -0.15) is 0 Å². The Morgan fingerprint density at radius 2 is 2.27 bits per heavy atom. The van der Waals surface area contributed by atoms with E-state index in [0.717, 1.165) is 11.3 Å². The fourth-order valence-electron chi connectivity index (χ4n) is 1.23. The second-order valence-electron chi connectivity index (χ2n) is 2.96. The van der Waals surface area contributed by atoms with Crippen molar-refractivity contribution in [1.29, 1.82) is 0 Å². The SMILES string of the molecule is NC(=O)c1cccc(-c2csc(S)n2)c1. The zero-order valence-electron chi connectivity index (χ0n) is 7.68. The summed E-state index contributed by atoms with van der Waals surface area (Å²) in [5, 5.41) is 1.89. The first-order valence-electron chi connectivity index (χ1n) is 4.21. The molecule has 76 valence electrons. The van der Waals surface area contributed by atoms with E-state index in [1.165, 1.54) is 11.3 Å². The van der Waals surface area contributed by atoms with Crippen LogP contribution in [0.25, 0.3) is 11.3 Å². The third-order valence-electron chi connectivity index (χ3n) is 1.93. The lowest BCUT2D eigenvalue weighted by Crippen LogP contribution is -2.10. The van der Waals surface area contributed by atoms with E-state index in [9.17, 15) is 4.79 Å². The van der Waals surface area contributed by atoms with Gasteiger partial charge in [-0.05, 0) is 12.1 Å². The third-order valence-corrected chi connectivity index (χ3v) is 2.99. The van der Waals surface area contributed by atoms with E-state index in [2.05, 4.69) is 17.6 Å². The van der Waals surface area contributed by atoms with Crippen LogP contribution in [-0.4, -0.2) is 10.9 Å². The number of nitrogens with two attached hydrogens (primary N) is 1. The molecule has 0 saturated carbocycles. The highest BCUT2D eigenvalue weighted by Gasteiger charge is 2.05. The van der Waals surface area contributed by atoms with Crippen molar-refractivity contribution in [2.45, 2.75) is 4.34 Å². The fraction of sp³-hybridized carbons (Fsp3) is 0. The molecule has 2 rings (SSSR count). The molecular formula is C10H8N2OS2. The minimum absolute atomic E-state index is 0.432. The van der Waals surface area contributed by atoms with Gasteiger partial charge < -0.3 is 5.73 Å². The molecule has 0 bridgehead atoms. The predicted molar refractivity (Wildman–Crippen MR) is 63.3 cm³/mol. The van der Waals surface area contributed by atoms with Gasteiger partial charge in [0.25, 0.3) is 0 Å². The Balaban J connectivity index is 2.45. The van der Waals surface area contributed by atoms with Crippen LogP contribution >= 0.6 is 24.0 Å². The second kappa shape index (κ2) is 4.04. The Kier molecular flexibility index (Phi) is 2.75. The lowest BCUT2D eigenvalue weighted by molar-refractivity contribution is 0.100. The first-order valence-corrected chi connectivity index (χ1v) is 5.54. The van der Waals surface area contributed by atoms with Crippen LogP contribution in [0.2, 0.25) is 0 Å². The van der Waals surface area contributed by atoms with Gasteiger partial charge in [0, 0.05) is 16.5 Å². The van der Waals surface area contributed by atoms with Crippen molar-refractivity contribution in [3.05, 3.63) is 35.2 Å². The molecule has 0 aliphatic heterocycles. The average molecular weight is 236 g/mol. The van der Waals surface area contributed by atoms with Gasteiger partial charge in [-0.1, -0.05) is 12.1 Å². The number of rotatable bonds is 2. The Labute approximate surface area is 96.4 Å². The summed E-state index contributed by atoms with van der Waals surface area (Å²) in [6, 6.07) is 7.08. The second-order valence-corrected chi connectivity index (χ2v) is 4.54. The summed E-state index contributed by atoms with van der Waals surface area (Å²) in [5.41, 5.74) is 7.37. The van der Waals surface area contributed by atoms with Crippen molar-refractivity contribution in [3.63, 3.8) is 0 Å². The summed E-state index contributed by atoms with van der Waals surface area (Å²) in [6.45, 7) is 0. The molecule has 1 aromatic carbocycles. The Hall–Kier alpha value is -1.33. The largest absolute Gasteiger partial charge is 0.366 e. The Bertz CT molecular complexity index is 508. The van der Waals surface area contributed by atoms with Crippen LogP contribution in [-0.2, 0) is 0 Å². The molecule has 0 spiro atoms. The molecule has 0 aliphatic carbocycles. The van der Waals surface area contributed by atoms with Crippen LogP contribution in [0.5, 0.6) is 0 Å². The summed E-state index contributed by atoms with van der Waals surface area (Å²) in [7, 11) is 0. The first kappa shape index (κ1) is 10.2. The highest BCUT2D eigenvalue weighted by atomic mass is 32.2. The smallest absolute Gasteiger partial charge is 0.248 e. The molecule has 1 amide bonds. The minimum Gasteiger partial charge on any atom is -0.366 e. The molecule has 0 fully saturated rings. The zero-order valence-corrected chi connectivity index (χ0v) is 9.39. The van der Waals surface area contributed by atoms with Gasteiger partial charge >= 0.3 is 0 Å². The third kappa shape index (κ3) is 2.19. The molecule has 2 N–H and O–H groups in total. The first-order chi connectivity index (χ1) is 7.16. The zero-order chi connectivity index (χ0) is 10.8. The number of hydrogen-bond donors (Lipinski definition) is 2. The summed E-state index contributed by atoms with van der Waals surface area (Å²) in [5.74, 6) is -0.432. The number of thiazole rings is 1. The van der Waals surface area contributed by atoms with Crippen LogP contribution < -0.4 is 5.73 Å². The number of nitrogens with zero attached hydrogens (tertiary/aromatic N) is 1. The number of carbonyl (C=O) groups is 1. The van der Waals surface area contributed by atoms with Gasteiger partial charge in [-0.3, -0.25) is 4.79 Å². The highest BCUT2D eigenvalue weighted by molar-refractivity contribution is 7.82. The molecule has 0 atom stereocenters. The number of thiol groups is 1. The summed E-state index contributed by atoms with van der Waals surface area (Å²) in [6.07, 6.45) is 0. The van der Waals surface area contributed by atoms with Crippen molar-refractivity contribution in [3.8, 4) is 11.3 Å². The number of hydrogen-bond acceptors (Lipinski definition) is 4. The highest BCUT2D eigenvalue weighted by Crippen LogP contribution is 2.24. The summed E-state index contributed by atoms with van der Waals surface area (Å²) < 4.78 is 0.703. The number of amides is 1. The molecule has 1 aromatic heterocycles. The van der Waals surface area contributed by atoms with Gasteiger partial charge in [0.1, 0.15) is 4.34 Å². The van der Waals surface area contributed by atoms with Crippen LogP contribution in [0.4, 0.5) is 0 Å². The van der Waals surface area contributed by atoms with Crippen LogP contribution in [0.1, 0.15) is 10.4 Å². The van der Waals surface area contributed by atoms with Crippen molar-refractivity contribution in [2.24, 2.45) is 5.73 Å². The molecule has 5 heteroatoms. The van der Waals surface area contributed by atoms with Gasteiger partial charge in [0.05, 0.1) is 5.69 Å². The van der Waals surface area contributed by atoms with Gasteiger partial charge in [-0.25, -0.2) is 4.98 Å². The van der Waals surface area contributed by atoms with Gasteiger partial charge in [-0.15, -0.1) is 24.0 Å². The monoisotopic (exact) mass is 236 g/mol. The lowest BCUT2D eigenvalue weighted by Gasteiger charge is -1.98. The number of carbonyl (C=O) groups excluding carboxylic acids is 1. The molecule has 0 radical (unpaired) electrons. The van der Waals surface area contributed by atoms with Crippen molar-refractivity contribution < 1.29 is 4.79 Å². The van der Waals surface area contributed by atoms with E-state index in [4.69, 9.17) is 5.73 Å². The van der Waals surface area contributed by atoms with Crippen molar-refractivity contribution >= 4 is 29.9 Å². The van der Waals surface area contributed by atoms with E-state index in [1.807, 2.05) is 11.4 Å². The van der Waals surface area contributed by atoms with Crippen LogP contribution in [0, 0.1) is 0 Å². The molecule has 3 nitrogen and oxygen atoms in total. The number of aromatic nitrogens is 1. The number of benzene rings is 1. The van der Waals surface area contributed by atoms with Crippen molar-refractivity contribution in [1.82, 2.24) is 4.98 Å². The van der Waals surface area contributed by atoms with E-state index >= 15 is 0 Å². The average Bonchev–Trinajstić information content (AvgIpc) is 2.65. The standard InChI is InChI=1S/C10H8N2OS2/c11-9(13)7-3-1-2-6(4-7)8-5-15-10(14)12-8/h1-5H,(H2,11,13)(H,12,14). The molecule has 15 heavy (non-hydrogen) atoms. The topological polar surface area (TPSA) is 56.0 Å². The predicted octanol–water partition coefficient (Wildman–Crippen LogP) is 2.20. The maximum Gasteiger partial charge on any atom is 0.248 e. The van der Waals surface area contributed by atoms with E-state index in [1.54, 1.807) is 18.2 Å². The fourth-order valence-corrected chi connectivity index (χ4v) is 2.05. The normalized spacial score (nSPS) is 10.2. The maximum absolute atomic E-state index is 11.0. The van der Waals surface area contributed by atoms with E-state index < -0.39 is 5.91 Å². The molecule has 0 saturated heterocycles. The molecule has 0 aliphatic rings. The summed E-state index contributed by atoms with van der Waals surface area (Å²) in [4.78, 5) is 15.2. The Morgan fingerprint density at radius 3 is 2.87 bits per heavy atom. The number of primary amides is 1. The minimum atomic E-state index is -0.432. The summed E-state index contributed by atoms with van der Waals surface area (Å²) >= 11 is 5.59. The van der Waals surface area contributed by atoms with Gasteiger partial charge in [0.15, 0.2) is 0 Å². The lowest BCUT2D eigenvalue weighted by atomic mass is 10.1. The van der Waals surface area contributed by atoms with Gasteiger partial charge in [0.2, 0.25) is 5.91 Å². The van der Waals surface area contributed by atoms with Crippen LogP contribution in [0.15, 0.2) is 34.0 Å². The van der Waals surface area contributed by atoms with Crippen molar-refractivity contribution in [2.75, 3.05) is 0 Å². The Morgan fingerprint density at radius 1 is 1.47 bits per heavy atom. The quantitative estimate of drug-likeness (QED) is 0.785. The van der Waals surface area contributed by atoms with E-state index in [0.29, 0.717) is 9.90 Å². The molecule has 2 aromatic rings. The molecule has 0 unspecified atom stereocenters. The van der Waals surface area contributed by atoms with Crippen LogP contribution in [0.3, 0.4) is 0 Å².